The van der Waals surface area contributed by atoms with E-state index in [4.69, 9.17) is 4.42 Å². The van der Waals surface area contributed by atoms with Crippen molar-refractivity contribution in [2.24, 2.45) is 0 Å². The van der Waals surface area contributed by atoms with Crippen molar-refractivity contribution in [3.8, 4) is 0 Å². The van der Waals surface area contributed by atoms with E-state index < -0.39 is 11.9 Å². The summed E-state index contributed by atoms with van der Waals surface area (Å²) in [6.07, 6.45) is 1.41. The first-order valence-corrected chi connectivity index (χ1v) is 7.55. The maximum atomic E-state index is 12.3. The number of nitrogens with one attached hydrogen (secondary N) is 3. The monoisotopic (exact) mass is 351 g/mol. The van der Waals surface area contributed by atoms with Gasteiger partial charge in [-0.25, -0.2) is 0 Å². The minimum atomic E-state index is -0.681. The zero-order chi connectivity index (χ0) is 16.7. The van der Waals surface area contributed by atoms with Crippen LogP contribution in [0.2, 0.25) is 0 Å². The summed E-state index contributed by atoms with van der Waals surface area (Å²) < 4.78 is 5.01. The van der Waals surface area contributed by atoms with Crippen molar-refractivity contribution in [1.29, 1.82) is 0 Å². The first-order valence-electron chi connectivity index (χ1n) is 7.55. The molecule has 0 saturated heterocycles. The van der Waals surface area contributed by atoms with Gasteiger partial charge in [-0.2, -0.15) is 0 Å². The second-order valence-corrected chi connectivity index (χ2v) is 5.10. The fourth-order valence-corrected chi connectivity index (χ4v) is 2.04. The number of amides is 2. The summed E-state index contributed by atoms with van der Waals surface area (Å²) in [7, 11) is 0. The van der Waals surface area contributed by atoms with E-state index in [0.29, 0.717) is 6.54 Å². The molecule has 3 N–H and O–H groups in total. The number of carbonyl (C=O) groups is 2. The van der Waals surface area contributed by atoms with Gasteiger partial charge in [-0.05, 0) is 37.2 Å². The Labute approximate surface area is 147 Å². The molecule has 0 aliphatic rings. The van der Waals surface area contributed by atoms with Gasteiger partial charge < -0.3 is 20.4 Å². The average Bonchev–Trinajstić information content (AvgIpc) is 3.08. The second kappa shape index (κ2) is 9.75. The van der Waals surface area contributed by atoms with Crippen LogP contribution in [0.5, 0.6) is 0 Å². The molecule has 2 aromatic rings. The smallest absolute Gasteiger partial charge is 0.287 e. The highest BCUT2D eigenvalue weighted by atomic mass is 35.5. The van der Waals surface area contributed by atoms with Crippen LogP contribution < -0.4 is 16.0 Å². The first-order chi connectivity index (χ1) is 11.1. The molecule has 0 spiro atoms. The van der Waals surface area contributed by atoms with E-state index in [1.165, 1.54) is 6.26 Å². The third-order valence-corrected chi connectivity index (χ3v) is 3.33. The molecule has 0 aliphatic carbocycles. The average molecular weight is 352 g/mol. The normalized spacial score (nSPS) is 11.2. The van der Waals surface area contributed by atoms with Gasteiger partial charge in [0.15, 0.2) is 5.76 Å². The lowest BCUT2D eigenvalue weighted by molar-refractivity contribution is -0.117. The molecule has 2 rings (SSSR count). The minimum Gasteiger partial charge on any atom is -0.459 e. The van der Waals surface area contributed by atoms with Crippen LogP contribution in [0.4, 0.5) is 5.69 Å². The van der Waals surface area contributed by atoms with Gasteiger partial charge in [0.2, 0.25) is 5.91 Å². The highest BCUT2D eigenvalue weighted by Crippen LogP contribution is 2.15. The SMILES string of the molecule is CCNCc1ccccc1NC(=O)C(C)NC(=O)c1ccco1.Cl. The van der Waals surface area contributed by atoms with Crippen molar-refractivity contribution < 1.29 is 14.0 Å². The van der Waals surface area contributed by atoms with Crippen molar-refractivity contribution in [2.45, 2.75) is 26.4 Å². The molecule has 1 unspecified atom stereocenters. The summed E-state index contributed by atoms with van der Waals surface area (Å²) in [6.45, 7) is 5.16. The lowest BCUT2D eigenvalue weighted by Gasteiger charge is -2.16. The maximum Gasteiger partial charge on any atom is 0.287 e. The summed E-state index contributed by atoms with van der Waals surface area (Å²) in [4.78, 5) is 24.2. The van der Waals surface area contributed by atoms with Crippen molar-refractivity contribution in [3.63, 3.8) is 0 Å². The number of carbonyl (C=O) groups excluding carboxylic acids is 2. The zero-order valence-electron chi connectivity index (χ0n) is 13.7. The fraction of sp³-hybridized carbons (Fsp3) is 0.294. The number of rotatable bonds is 7. The Hall–Kier alpha value is -2.31. The molecular weight excluding hydrogens is 330 g/mol. The van der Waals surface area contributed by atoms with Crippen LogP contribution >= 0.6 is 12.4 Å². The molecule has 7 heteroatoms. The van der Waals surface area contributed by atoms with Crippen LogP contribution in [-0.2, 0) is 11.3 Å². The molecule has 1 aromatic carbocycles. The molecule has 0 bridgehead atoms. The molecule has 2 amide bonds. The number of hydrogen-bond donors (Lipinski definition) is 3. The van der Waals surface area contributed by atoms with E-state index in [1.807, 2.05) is 31.2 Å². The van der Waals surface area contributed by atoms with Gasteiger partial charge in [0, 0.05) is 12.2 Å². The van der Waals surface area contributed by atoms with Crippen molar-refractivity contribution in [2.75, 3.05) is 11.9 Å². The van der Waals surface area contributed by atoms with Gasteiger partial charge in [0.25, 0.3) is 5.91 Å². The van der Waals surface area contributed by atoms with Gasteiger partial charge >= 0.3 is 0 Å². The number of anilines is 1. The molecule has 0 radical (unpaired) electrons. The van der Waals surface area contributed by atoms with E-state index in [9.17, 15) is 9.59 Å². The topological polar surface area (TPSA) is 83.4 Å². The number of hydrogen-bond acceptors (Lipinski definition) is 4. The predicted molar refractivity (Wildman–Crippen MR) is 95.3 cm³/mol. The molecule has 0 fully saturated rings. The Morgan fingerprint density at radius 1 is 1.17 bits per heavy atom. The van der Waals surface area contributed by atoms with Crippen LogP contribution in [0.3, 0.4) is 0 Å². The van der Waals surface area contributed by atoms with Crippen LogP contribution in [0.1, 0.15) is 30.0 Å². The van der Waals surface area contributed by atoms with E-state index in [-0.39, 0.29) is 24.1 Å². The van der Waals surface area contributed by atoms with Gasteiger partial charge in [-0.3, -0.25) is 9.59 Å². The van der Waals surface area contributed by atoms with Gasteiger partial charge in [0.1, 0.15) is 6.04 Å². The molecule has 24 heavy (non-hydrogen) atoms. The van der Waals surface area contributed by atoms with Crippen LogP contribution in [-0.4, -0.2) is 24.4 Å². The minimum absolute atomic E-state index is 0. The van der Waals surface area contributed by atoms with Crippen LogP contribution in [0.25, 0.3) is 0 Å². The molecule has 6 nitrogen and oxygen atoms in total. The predicted octanol–water partition coefficient (Wildman–Crippen LogP) is 2.57. The van der Waals surface area contributed by atoms with E-state index in [1.54, 1.807) is 19.1 Å². The van der Waals surface area contributed by atoms with Gasteiger partial charge in [-0.15, -0.1) is 12.4 Å². The third-order valence-electron chi connectivity index (χ3n) is 3.33. The summed E-state index contributed by atoms with van der Waals surface area (Å²) in [5.74, 6) is -0.523. The van der Waals surface area contributed by atoms with Crippen molar-refractivity contribution in [1.82, 2.24) is 10.6 Å². The molecule has 0 saturated carbocycles. The molecule has 1 heterocycles. The number of halogens is 1. The largest absolute Gasteiger partial charge is 0.459 e. The van der Waals surface area contributed by atoms with E-state index in [2.05, 4.69) is 16.0 Å². The third kappa shape index (κ3) is 5.40. The Kier molecular flexibility index (Phi) is 8.01. The summed E-state index contributed by atoms with van der Waals surface area (Å²) in [5, 5.41) is 8.67. The fourth-order valence-electron chi connectivity index (χ4n) is 2.04. The highest BCUT2D eigenvalue weighted by molar-refractivity contribution is 6.00. The lowest BCUT2D eigenvalue weighted by atomic mass is 10.1. The number of furan rings is 1. The van der Waals surface area contributed by atoms with Gasteiger partial charge in [-0.1, -0.05) is 25.1 Å². The molecule has 1 atom stereocenters. The summed E-state index contributed by atoms with van der Waals surface area (Å²) in [6, 6.07) is 10.1. The first kappa shape index (κ1) is 19.7. The van der Waals surface area contributed by atoms with E-state index >= 15 is 0 Å². The Morgan fingerprint density at radius 3 is 2.58 bits per heavy atom. The van der Waals surface area contributed by atoms with E-state index in [0.717, 1.165) is 17.8 Å². The Bertz CT molecular complexity index is 659. The standard InChI is InChI=1S/C17H21N3O3.ClH/c1-3-18-11-13-7-4-5-8-14(13)20-16(21)12(2)19-17(22)15-9-6-10-23-15;/h4-10,12,18H,3,11H2,1-2H3,(H,19,22)(H,20,21);1H. The Balaban J connectivity index is 0.00000288. The quantitative estimate of drug-likeness (QED) is 0.716. The molecule has 130 valence electrons. The van der Waals surface area contributed by atoms with Crippen LogP contribution in [0, 0.1) is 0 Å². The Morgan fingerprint density at radius 2 is 1.92 bits per heavy atom. The summed E-state index contributed by atoms with van der Waals surface area (Å²) in [5.41, 5.74) is 1.73. The molecule has 1 aromatic heterocycles. The summed E-state index contributed by atoms with van der Waals surface area (Å²) >= 11 is 0. The second-order valence-electron chi connectivity index (χ2n) is 5.10. The molecule has 0 aliphatic heterocycles. The number of benzene rings is 1. The highest BCUT2D eigenvalue weighted by Gasteiger charge is 2.18. The lowest BCUT2D eigenvalue weighted by Crippen LogP contribution is -2.41. The van der Waals surface area contributed by atoms with Crippen molar-refractivity contribution >= 4 is 29.9 Å². The molecular formula is C17H22ClN3O3. The van der Waals surface area contributed by atoms with Crippen molar-refractivity contribution in [3.05, 3.63) is 54.0 Å². The maximum absolute atomic E-state index is 12.3. The number of para-hydroxylation sites is 1. The zero-order valence-corrected chi connectivity index (χ0v) is 14.5. The van der Waals surface area contributed by atoms with Gasteiger partial charge in [0.05, 0.1) is 6.26 Å². The van der Waals surface area contributed by atoms with Crippen LogP contribution in [0.15, 0.2) is 47.1 Å².